The van der Waals surface area contributed by atoms with Gasteiger partial charge in [-0.05, 0) is 5.82 Å². The van der Waals surface area contributed by atoms with Gasteiger partial charge in [-0.3, -0.25) is 0 Å². The lowest BCUT2D eigenvalue weighted by Gasteiger charge is -2.17. The maximum absolute atomic E-state index is 5.52. The summed E-state index contributed by atoms with van der Waals surface area (Å²) in [5.74, 6) is 0.702. The first kappa shape index (κ1) is 7.59. The van der Waals surface area contributed by atoms with Crippen LogP contribution < -0.4 is 5.32 Å². The SMILES string of the molecule is C1COB(C2CC2)OCCN1. The van der Waals surface area contributed by atoms with Crippen molar-refractivity contribution in [3.05, 3.63) is 0 Å². The fraction of sp³-hybridized carbons (Fsp3) is 1.00. The van der Waals surface area contributed by atoms with Crippen LogP contribution in [0.1, 0.15) is 12.8 Å². The first-order valence-electron chi connectivity index (χ1n) is 4.41. The normalized spacial score (nSPS) is 27.8. The minimum absolute atomic E-state index is 0.108. The molecule has 0 spiro atoms. The molecule has 0 aromatic rings. The summed E-state index contributed by atoms with van der Waals surface area (Å²) < 4.78 is 11.0. The predicted octanol–water partition coefficient (Wildman–Crippen LogP) is 0.275. The largest absolute Gasteiger partial charge is 0.460 e. The van der Waals surface area contributed by atoms with Gasteiger partial charge in [0.1, 0.15) is 0 Å². The Bertz CT molecular complexity index is 122. The second-order valence-corrected chi connectivity index (χ2v) is 3.20. The summed E-state index contributed by atoms with van der Waals surface area (Å²) in [6, 6.07) is 0. The topological polar surface area (TPSA) is 30.5 Å². The summed E-state index contributed by atoms with van der Waals surface area (Å²) in [4.78, 5) is 0. The van der Waals surface area contributed by atoms with Gasteiger partial charge in [-0.25, -0.2) is 0 Å². The maximum Gasteiger partial charge on any atom is 0.460 e. The van der Waals surface area contributed by atoms with E-state index in [9.17, 15) is 0 Å². The summed E-state index contributed by atoms with van der Waals surface area (Å²) >= 11 is 0. The van der Waals surface area contributed by atoms with Crippen molar-refractivity contribution < 1.29 is 9.31 Å². The Kier molecular flexibility index (Phi) is 2.46. The van der Waals surface area contributed by atoms with Crippen LogP contribution in [0.4, 0.5) is 0 Å². The van der Waals surface area contributed by atoms with E-state index < -0.39 is 0 Å². The van der Waals surface area contributed by atoms with E-state index in [4.69, 9.17) is 9.31 Å². The second-order valence-electron chi connectivity index (χ2n) is 3.20. The van der Waals surface area contributed by atoms with Gasteiger partial charge in [0.05, 0.1) is 0 Å². The maximum atomic E-state index is 5.52. The van der Waals surface area contributed by atoms with Crippen molar-refractivity contribution >= 4 is 7.12 Å². The molecule has 3 nitrogen and oxygen atoms in total. The van der Waals surface area contributed by atoms with Gasteiger partial charge in [0.2, 0.25) is 0 Å². The summed E-state index contributed by atoms with van der Waals surface area (Å²) in [5, 5.41) is 3.22. The Labute approximate surface area is 67.6 Å². The molecule has 0 bridgehead atoms. The van der Waals surface area contributed by atoms with E-state index in [2.05, 4.69) is 5.32 Å². The van der Waals surface area contributed by atoms with Gasteiger partial charge in [0.25, 0.3) is 0 Å². The van der Waals surface area contributed by atoms with Crippen LogP contribution in [0.15, 0.2) is 0 Å². The Morgan fingerprint density at radius 3 is 2.27 bits per heavy atom. The molecule has 0 unspecified atom stereocenters. The molecular weight excluding hydrogens is 141 g/mol. The van der Waals surface area contributed by atoms with Crippen molar-refractivity contribution in [2.45, 2.75) is 18.7 Å². The molecule has 0 amide bonds. The van der Waals surface area contributed by atoms with Gasteiger partial charge in [0, 0.05) is 26.3 Å². The van der Waals surface area contributed by atoms with Gasteiger partial charge >= 0.3 is 7.12 Å². The average Bonchev–Trinajstić information content (AvgIpc) is 2.68. The predicted molar refractivity (Wildman–Crippen MR) is 43.5 cm³/mol. The van der Waals surface area contributed by atoms with E-state index in [1.54, 1.807) is 0 Å². The summed E-state index contributed by atoms with van der Waals surface area (Å²) in [6.07, 6.45) is 2.58. The third kappa shape index (κ3) is 2.19. The third-order valence-electron chi connectivity index (χ3n) is 2.13. The summed E-state index contributed by atoms with van der Waals surface area (Å²) in [7, 11) is 0.108. The van der Waals surface area contributed by atoms with Crippen LogP contribution in [0.3, 0.4) is 0 Å². The van der Waals surface area contributed by atoms with E-state index in [-0.39, 0.29) is 7.12 Å². The van der Waals surface area contributed by atoms with Crippen molar-refractivity contribution in [2.75, 3.05) is 26.3 Å². The zero-order chi connectivity index (χ0) is 7.52. The molecule has 0 atom stereocenters. The minimum Gasteiger partial charge on any atom is -0.410 e. The molecule has 11 heavy (non-hydrogen) atoms. The van der Waals surface area contributed by atoms with Crippen molar-refractivity contribution in [1.82, 2.24) is 5.32 Å². The van der Waals surface area contributed by atoms with Crippen molar-refractivity contribution in [3.8, 4) is 0 Å². The molecule has 1 aliphatic carbocycles. The van der Waals surface area contributed by atoms with Gasteiger partial charge in [-0.2, -0.15) is 0 Å². The molecular formula is C7H14BNO2. The van der Waals surface area contributed by atoms with Gasteiger partial charge < -0.3 is 14.6 Å². The second kappa shape index (κ2) is 3.56. The Morgan fingerprint density at radius 2 is 1.73 bits per heavy atom. The molecule has 2 aliphatic rings. The number of hydrogen-bond donors (Lipinski definition) is 1. The molecule has 1 N–H and O–H groups in total. The van der Waals surface area contributed by atoms with Crippen LogP contribution >= 0.6 is 0 Å². The average molecular weight is 155 g/mol. The fourth-order valence-electron chi connectivity index (χ4n) is 1.31. The van der Waals surface area contributed by atoms with Crippen LogP contribution in [-0.2, 0) is 9.31 Å². The zero-order valence-electron chi connectivity index (χ0n) is 6.71. The lowest BCUT2D eigenvalue weighted by molar-refractivity contribution is 0.176. The van der Waals surface area contributed by atoms with Crippen molar-refractivity contribution in [1.29, 1.82) is 0 Å². The van der Waals surface area contributed by atoms with Crippen LogP contribution in [0.5, 0.6) is 0 Å². The summed E-state index contributed by atoms with van der Waals surface area (Å²) in [6.45, 7) is 3.52. The highest BCUT2D eigenvalue weighted by molar-refractivity contribution is 6.47. The highest BCUT2D eigenvalue weighted by atomic mass is 16.6. The molecule has 2 fully saturated rings. The highest BCUT2D eigenvalue weighted by Gasteiger charge is 2.38. The van der Waals surface area contributed by atoms with E-state index in [0.29, 0.717) is 5.82 Å². The molecule has 2 rings (SSSR count). The van der Waals surface area contributed by atoms with Crippen molar-refractivity contribution in [2.24, 2.45) is 0 Å². The molecule has 1 aliphatic heterocycles. The molecule has 0 aromatic heterocycles. The van der Waals surface area contributed by atoms with Gasteiger partial charge in [0.15, 0.2) is 0 Å². The number of hydrogen-bond acceptors (Lipinski definition) is 3. The van der Waals surface area contributed by atoms with Gasteiger partial charge in [-0.15, -0.1) is 0 Å². The van der Waals surface area contributed by atoms with Crippen LogP contribution in [-0.4, -0.2) is 33.4 Å². The molecule has 0 aromatic carbocycles. The van der Waals surface area contributed by atoms with Crippen molar-refractivity contribution in [3.63, 3.8) is 0 Å². The van der Waals surface area contributed by atoms with E-state index in [0.717, 1.165) is 26.3 Å². The summed E-state index contributed by atoms with van der Waals surface area (Å²) in [5.41, 5.74) is 0. The molecule has 1 saturated carbocycles. The standard InChI is InChI=1S/C7H14BNO2/c1-2-7(1)8-10-5-3-9-4-6-11-8/h7,9H,1-6H2. The number of nitrogens with one attached hydrogen (secondary N) is 1. The zero-order valence-corrected chi connectivity index (χ0v) is 6.71. The monoisotopic (exact) mass is 155 g/mol. The van der Waals surface area contributed by atoms with Crippen LogP contribution in [0.25, 0.3) is 0 Å². The molecule has 1 heterocycles. The smallest absolute Gasteiger partial charge is 0.410 e. The Hall–Kier alpha value is -0.0551. The van der Waals surface area contributed by atoms with Crippen LogP contribution in [0.2, 0.25) is 5.82 Å². The first-order valence-corrected chi connectivity index (χ1v) is 4.41. The molecule has 0 radical (unpaired) electrons. The number of rotatable bonds is 1. The fourth-order valence-corrected chi connectivity index (χ4v) is 1.31. The van der Waals surface area contributed by atoms with Gasteiger partial charge in [-0.1, -0.05) is 12.8 Å². The first-order chi connectivity index (χ1) is 5.47. The molecule has 1 saturated heterocycles. The van der Waals surface area contributed by atoms with E-state index >= 15 is 0 Å². The molecule has 62 valence electrons. The Morgan fingerprint density at radius 1 is 1.09 bits per heavy atom. The lowest BCUT2D eigenvalue weighted by Crippen LogP contribution is -2.35. The third-order valence-corrected chi connectivity index (χ3v) is 2.13. The lowest BCUT2D eigenvalue weighted by atomic mass is 9.82. The quantitative estimate of drug-likeness (QED) is 0.551. The van der Waals surface area contributed by atoms with Crippen LogP contribution in [0, 0.1) is 0 Å². The Balaban J connectivity index is 1.76. The minimum atomic E-state index is 0.108. The van der Waals surface area contributed by atoms with E-state index in [1.807, 2.05) is 0 Å². The van der Waals surface area contributed by atoms with E-state index in [1.165, 1.54) is 12.8 Å². The molecule has 4 heteroatoms. The highest BCUT2D eigenvalue weighted by Crippen LogP contribution is 2.39.